The van der Waals surface area contributed by atoms with Crippen LogP contribution < -0.4 is 5.73 Å². The van der Waals surface area contributed by atoms with Gasteiger partial charge in [0.15, 0.2) is 0 Å². The maximum absolute atomic E-state index is 12.1. The largest absolute Gasteiger partial charge is 0.542 e. The number of halogens is 1. The summed E-state index contributed by atoms with van der Waals surface area (Å²) in [6, 6.07) is 0. The summed E-state index contributed by atoms with van der Waals surface area (Å²) in [6.45, 7) is 0.365. The van der Waals surface area contributed by atoms with Crippen LogP contribution in [0.4, 0.5) is 4.39 Å². The van der Waals surface area contributed by atoms with Crippen molar-refractivity contribution in [3.8, 4) is 0 Å². The van der Waals surface area contributed by atoms with E-state index in [0.717, 1.165) is 0 Å². The number of alkyl halides is 1. The van der Waals surface area contributed by atoms with E-state index in [1.807, 2.05) is 0 Å². The van der Waals surface area contributed by atoms with Gasteiger partial charge in [0.1, 0.15) is 0 Å². The molecule has 0 saturated heterocycles. The Hall–Kier alpha value is -0.0500. The van der Waals surface area contributed by atoms with Crippen molar-refractivity contribution >= 4 is 8.03 Å². The summed E-state index contributed by atoms with van der Waals surface area (Å²) in [5.74, 6) is -1.59. The van der Waals surface area contributed by atoms with Crippen LogP contribution in [0.1, 0.15) is 12.8 Å². The third kappa shape index (κ3) is 4.45. The van der Waals surface area contributed by atoms with Gasteiger partial charge in [0.2, 0.25) is 0 Å². The second-order valence-electron chi connectivity index (χ2n) is 1.67. The lowest BCUT2D eigenvalue weighted by atomic mass is 10.3. The third-order valence-corrected chi connectivity index (χ3v) is 1.62. The molecule has 0 fully saturated rings. The molecule has 3 nitrogen and oxygen atoms in total. The molecule has 2 unspecified atom stereocenters. The average Bonchev–Trinajstić information content (AvgIpc) is 1.82. The van der Waals surface area contributed by atoms with Gasteiger partial charge in [-0.15, -0.1) is 0 Å². The standard InChI is InChI=1S/C4H9FNO2P/c5-4(9(7)8)2-1-3-6/h4H,1-3,6H2/p+1. The van der Waals surface area contributed by atoms with Crippen LogP contribution in [0.3, 0.4) is 0 Å². The molecule has 54 valence electrons. The lowest BCUT2D eigenvalue weighted by Crippen LogP contribution is -2.02. The van der Waals surface area contributed by atoms with E-state index in [4.69, 9.17) is 10.6 Å². The Morgan fingerprint density at radius 2 is 2.33 bits per heavy atom. The molecule has 5 heteroatoms. The third-order valence-electron chi connectivity index (χ3n) is 0.886. The summed E-state index contributed by atoms with van der Waals surface area (Å²) in [5, 5.41) is 0. The Labute approximate surface area is 53.9 Å². The highest BCUT2D eigenvalue weighted by Crippen LogP contribution is 2.26. The Morgan fingerprint density at radius 3 is 2.67 bits per heavy atom. The topological polar surface area (TPSA) is 63.3 Å². The van der Waals surface area contributed by atoms with Crippen molar-refractivity contribution in [1.29, 1.82) is 0 Å². The summed E-state index contributed by atoms with van der Waals surface area (Å²) in [4.78, 5) is 8.14. The lowest BCUT2D eigenvalue weighted by molar-refractivity contribution is 0.366. The van der Waals surface area contributed by atoms with Crippen LogP contribution in [0, 0.1) is 0 Å². The van der Waals surface area contributed by atoms with E-state index in [2.05, 4.69) is 0 Å². The minimum absolute atomic E-state index is 0.0855. The van der Waals surface area contributed by atoms with E-state index in [9.17, 15) is 8.96 Å². The lowest BCUT2D eigenvalue weighted by Gasteiger charge is -1.90. The van der Waals surface area contributed by atoms with Crippen molar-refractivity contribution in [2.75, 3.05) is 6.54 Å². The van der Waals surface area contributed by atoms with Gasteiger partial charge in [-0.2, -0.15) is 9.28 Å². The maximum Gasteiger partial charge on any atom is 0.542 e. The normalized spacial score (nSPS) is 15.2. The maximum atomic E-state index is 12.1. The number of hydrogen-bond donors (Lipinski definition) is 2. The van der Waals surface area contributed by atoms with Crippen LogP contribution in [-0.4, -0.2) is 17.4 Å². The minimum atomic E-state index is -2.65. The van der Waals surface area contributed by atoms with Gasteiger partial charge in [-0.05, 0) is 17.5 Å². The Balaban J connectivity index is 3.27. The first-order chi connectivity index (χ1) is 4.18. The highest BCUT2D eigenvalue weighted by molar-refractivity contribution is 7.38. The van der Waals surface area contributed by atoms with Crippen molar-refractivity contribution in [2.24, 2.45) is 5.73 Å². The molecule has 0 radical (unpaired) electrons. The fraction of sp³-hybridized carbons (Fsp3) is 1.00. The van der Waals surface area contributed by atoms with Crippen molar-refractivity contribution in [3.63, 3.8) is 0 Å². The molecule has 0 amide bonds. The predicted octanol–water partition coefficient (Wildman–Crippen LogP) is 0.756. The summed E-state index contributed by atoms with van der Waals surface area (Å²) < 4.78 is 22.1. The molecule has 0 aromatic heterocycles. The van der Waals surface area contributed by atoms with Gasteiger partial charge < -0.3 is 5.73 Å². The van der Waals surface area contributed by atoms with Gasteiger partial charge in [0, 0.05) is 6.42 Å². The van der Waals surface area contributed by atoms with Crippen molar-refractivity contribution in [1.82, 2.24) is 0 Å². The molecule has 0 aromatic carbocycles. The molecule has 0 aliphatic carbocycles. The molecule has 2 atom stereocenters. The van der Waals surface area contributed by atoms with Gasteiger partial charge in [0.05, 0.1) is 0 Å². The molecule has 0 aliphatic heterocycles. The molecule has 0 aromatic rings. The summed E-state index contributed by atoms with van der Waals surface area (Å²) in [7, 11) is -2.65. The Morgan fingerprint density at radius 1 is 1.78 bits per heavy atom. The smallest absolute Gasteiger partial charge is 0.330 e. The molecule has 0 bridgehead atoms. The molecule has 0 spiro atoms. The molecule has 3 N–H and O–H groups in total. The SMILES string of the molecule is NCCCC(F)[P+](=O)O. The van der Waals surface area contributed by atoms with E-state index in [1.165, 1.54) is 0 Å². The molecular weight excluding hydrogens is 144 g/mol. The van der Waals surface area contributed by atoms with Crippen LogP contribution in [0.25, 0.3) is 0 Å². The molecule has 0 heterocycles. The summed E-state index contributed by atoms with van der Waals surface area (Å²) in [5.41, 5.74) is 5.03. The van der Waals surface area contributed by atoms with Gasteiger partial charge in [-0.1, -0.05) is 0 Å². The summed E-state index contributed by atoms with van der Waals surface area (Å²) >= 11 is 0. The minimum Gasteiger partial charge on any atom is -0.330 e. The van der Waals surface area contributed by atoms with E-state index >= 15 is 0 Å². The van der Waals surface area contributed by atoms with Crippen LogP contribution in [0.5, 0.6) is 0 Å². The first-order valence-electron chi connectivity index (χ1n) is 2.68. The van der Waals surface area contributed by atoms with Gasteiger partial charge in [-0.3, -0.25) is 0 Å². The highest BCUT2D eigenvalue weighted by atomic mass is 31.1. The fourth-order valence-electron chi connectivity index (χ4n) is 0.397. The van der Waals surface area contributed by atoms with Gasteiger partial charge in [0.25, 0.3) is 0 Å². The molecule has 0 aliphatic rings. The second-order valence-corrected chi connectivity index (χ2v) is 2.83. The van der Waals surface area contributed by atoms with Crippen molar-refractivity contribution in [3.05, 3.63) is 0 Å². The van der Waals surface area contributed by atoms with Gasteiger partial charge >= 0.3 is 13.9 Å². The van der Waals surface area contributed by atoms with E-state index < -0.39 is 13.9 Å². The number of nitrogens with two attached hydrogens (primary N) is 1. The fourth-order valence-corrected chi connectivity index (χ4v) is 0.800. The van der Waals surface area contributed by atoms with Crippen LogP contribution >= 0.6 is 8.03 Å². The molecular formula is C4H10FNO2P+. The number of hydrogen-bond acceptors (Lipinski definition) is 2. The van der Waals surface area contributed by atoms with Crippen LogP contribution in [0.15, 0.2) is 0 Å². The quantitative estimate of drug-likeness (QED) is 0.587. The zero-order valence-electron chi connectivity index (χ0n) is 4.96. The Kier molecular flexibility index (Phi) is 4.77. The molecule has 0 saturated carbocycles. The highest BCUT2D eigenvalue weighted by Gasteiger charge is 2.26. The van der Waals surface area contributed by atoms with Crippen LogP contribution in [-0.2, 0) is 4.57 Å². The van der Waals surface area contributed by atoms with E-state index in [0.29, 0.717) is 13.0 Å². The van der Waals surface area contributed by atoms with Crippen LogP contribution in [0.2, 0.25) is 0 Å². The Bertz CT molecular complexity index is 101. The second kappa shape index (κ2) is 4.79. The zero-order chi connectivity index (χ0) is 7.28. The zero-order valence-corrected chi connectivity index (χ0v) is 5.85. The van der Waals surface area contributed by atoms with E-state index in [-0.39, 0.29) is 6.42 Å². The van der Waals surface area contributed by atoms with E-state index in [1.54, 1.807) is 0 Å². The monoisotopic (exact) mass is 154 g/mol. The first kappa shape index (κ1) is 8.95. The number of rotatable bonds is 4. The van der Waals surface area contributed by atoms with Gasteiger partial charge in [-0.25, -0.2) is 0 Å². The molecule has 0 rings (SSSR count). The van der Waals surface area contributed by atoms with Crippen molar-refractivity contribution in [2.45, 2.75) is 18.8 Å². The average molecular weight is 154 g/mol. The predicted molar refractivity (Wildman–Crippen MR) is 33.0 cm³/mol. The first-order valence-corrected chi connectivity index (χ1v) is 3.96. The molecule has 9 heavy (non-hydrogen) atoms. The van der Waals surface area contributed by atoms with Crippen molar-refractivity contribution < 1.29 is 13.8 Å². The summed E-state index contributed by atoms with van der Waals surface area (Å²) in [6.07, 6.45) is 0.547.